The third kappa shape index (κ3) is 1.99. The fourth-order valence-electron chi connectivity index (χ4n) is 9.12. The van der Waals surface area contributed by atoms with E-state index < -0.39 is 11.2 Å². The fourth-order valence-corrected chi connectivity index (χ4v) is 9.12. The van der Waals surface area contributed by atoms with E-state index in [1.165, 1.54) is 30.4 Å². The lowest BCUT2D eigenvalue weighted by Gasteiger charge is -2.74. The van der Waals surface area contributed by atoms with Gasteiger partial charge in [-0.3, -0.25) is 0 Å². The van der Waals surface area contributed by atoms with Crippen LogP contribution in [0, 0.1) is 22.7 Å². The van der Waals surface area contributed by atoms with Crippen LogP contribution in [0.5, 0.6) is 11.5 Å². The van der Waals surface area contributed by atoms with Gasteiger partial charge in [0.05, 0.1) is 12.7 Å². The van der Waals surface area contributed by atoms with Gasteiger partial charge in [0.25, 0.3) is 0 Å². The van der Waals surface area contributed by atoms with Crippen LogP contribution in [0.15, 0.2) is 12.1 Å². The first-order chi connectivity index (χ1) is 14.6. The molecule has 4 bridgehead atoms. The van der Waals surface area contributed by atoms with Gasteiger partial charge in [-0.1, -0.05) is 33.3 Å². The number of rotatable bonds is 3. The van der Waals surface area contributed by atoms with Crippen LogP contribution < -0.4 is 9.47 Å². The molecule has 6 aliphatic rings. The molecule has 170 valence electrons. The Morgan fingerprint density at radius 3 is 2.55 bits per heavy atom. The minimum absolute atomic E-state index is 0.00784. The summed E-state index contributed by atoms with van der Waals surface area (Å²) < 4.78 is 19.3. The number of hydrogen-bond acceptors (Lipinski definition) is 4. The Morgan fingerprint density at radius 2 is 1.87 bits per heavy atom. The molecule has 4 saturated carbocycles. The molecule has 1 heterocycles. The van der Waals surface area contributed by atoms with Crippen LogP contribution in [0.3, 0.4) is 0 Å². The Balaban J connectivity index is 1.64. The molecule has 0 amide bonds. The SMILES string of the molecule is COc1ccc2c3c1O[C@H]1[C@@]4(OC)CC[C@@]5(C[C@@H]4C(C)(O)C(C)(C)C)[C@H](CCC[C@]315)C2. The number of hydrogen-bond donors (Lipinski definition) is 1. The number of ether oxygens (including phenoxy) is 3. The molecule has 1 aliphatic heterocycles. The van der Waals surface area contributed by atoms with E-state index in [0.717, 1.165) is 37.2 Å². The van der Waals surface area contributed by atoms with Gasteiger partial charge in [-0.05, 0) is 73.8 Å². The molecule has 5 aliphatic carbocycles. The Morgan fingerprint density at radius 1 is 1.10 bits per heavy atom. The van der Waals surface area contributed by atoms with E-state index in [9.17, 15) is 5.11 Å². The third-order valence-corrected chi connectivity index (χ3v) is 11.0. The van der Waals surface area contributed by atoms with Gasteiger partial charge in [0, 0.05) is 24.0 Å². The first kappa shape index (κ1) is 20.4. The third-order valence-electron chi connectivity index (χ3n) is 11.0. The minimum atomic E-state index is -0.852. The molecule has 1 N–H and O–H groups in total. The van der Waals surface area contributed by atoms with Gasteiger partial charge in [-0.15, -0.1) is 0 Å². The van der Waals surface area contributed by atoms with Gasteiger partial charge in [0.15, 0.2) is 11.5 Å². The van der Waals surface area contributed by atoms with Crippen molar-refractivity contribution in [1.29, 1.82) is 0 Å². The highest BCUT2D eigenvalue weighted by atomic mass is 16.6. The van der Waals surface area contributed by atoms with E-state index in [2.05, 4.69) is 39.8 Å². The molecular formula is C27H38O4. The quantitative estimate of drug-likeness (QED) is 0.736. The van der Waals surface area contributed by atoms with Gasteiger partial charge >= 0.3 is 0 Å². The molecule has 4 heteroatoms. The van der Waals surface area contributed by atoms with Gasteiger partial charge in [0.1, 0.15) is 11.7 Å². The molecule has 1 unspecified atom stereocenters. The zero-order valence-electron chi connectivity index (χ0n) is 20.0. The van der Waals surface area contributed by atoms with Crippen molar-refractivity contribution < 1.29 is 19.3 Å². The number of benzene rings is 1. The second-order valence-electron chi connectivity index (χ2n) is 12.4. The highest BCUT2D eigenvalue weighted by Crippen LogP contribution is 2.79. The second kappa shape index (κ2) is 5.80. The normalized spacial score (nSPS) is 43.8. The lowest BCUT2D eigenvalue weighted by molar-refractivity contribution is -0.309. The molecule has 0 aromatic heterocycles. The molecule has 4 fully saturated rings. The van der Waals surface area contributed by atoms with Crippen LogP contribution >= 0.6 is 0 Å². The van der Waals surface area contributed by atoms with Crippen molar-refractivity contribution in [2.75, 3.05) is 14.2 Å². The van der Waals surface area contributed by atoms with Crippen molar-refractivity contribution in [2.24, 2.45) is 22.7 Å². The highest BCUT2D eigenvalue weighted by Gasteiger charge is 2.81. The maximum atomic E-state index is 12.1. The van der Waals surface area contributed by atoms with Crippen LogP contribution in [0.25, 0.3) is 0 Å². The van der Waals surface area contributed by atoms with E-state index in [0.29, 0.717) is 5.92 Å². The molecule has 1 aromatic rings. The summed E-state index contributed by atoms with van der Waals surface area (Å²) in [7, 11) is 3.60. The monoisotopic (exact) mass is 426 g/mol. The summed E-state index contributed by atoms with van der Waals surface area (Å²) in [6.07, 6.45) is 7.96. The largest absolute Gasteiger partial charge is 0.493 e. The lowest BCUT2D eigenvalue weighted by atomic mass is 9.31. The van der Waals surface area contributed by atoms with Crippen LogP contribution in [0.4, 0.5) is 0 Å². The number of fused-ring (bicyclic) bond motifs is 2. The zero-order chi connectivity index (χ0) is 22.0. The van der Waals surface area contributed by atoms with Gasteiger partial charge in [0.2, 0.25) is 0 Å². The van der Waals surface area contributed by atoms with Crippen molar-refractivity contribution >= 4 is 0 Å². The summed E-state index contributed by atoms with van der Waals surface area (Å²) in [4.78, 5) is 0. The summed E-state index contributed by atoms with van der Waals surface area (Å²) in [5.41, 5.74) is 1.48. The zero-order valence-corrected chi connectivity index (χ0v) is 20.0. The maximum Gasteiger partial charge on any atom is 0.165 e. The first-order valence-corrected chi connectivity index (χ1v) is 12.2. The fraction of sp³-hybridized carbons (Fsp3) is 0.778. The van der Waals surface area contributed by atoms with Crippen molar-refractivity contribution in [2.45, 2.75) is 95.4 Å². The van der Waals surface area contributed by atoms with Crippen molar-refractivity contribution in [1.82, 2.24) is 0 Å². The standard InChI is InChI=1S/C27H38O4/c1-23(2,3)24(4,28)19-15-25-12-13-27(19,30-6)22-26(25)11-7-8-17(25)14-16-9-10-18(29-5)21(31-22)20(16)26/h9-10,17,19,22,28H,7-8,11-15H2,1-6H3/t17-,19-,22-,24?,25-,26+,27-/m1/s1. The van der Waals surface area contributed by atoms with Crippen LogP contribution in [-0.2, 0) is 16.6 Å². The predicted molar refractivity (Wildman–Crippen MR) is 120 cm³/mol. The first-order valence-electron chi connectivity index (χ1n) is 12.2. The smallest absolute Gasteiger partial charge is 0.165 e. The van der Waals surface area contributed by atoms with Crippen LogP contribution in [-0.4, -0.2) is 36.6 Å². The van der Waals surface area contributed by atoms with E-state index in [1.807, 2.05) is 7.11 Å². The summed E-state index contributed by atoms with van der Waals surface area (Å²) in [5, 5.41) is 12.1. The summed E-state index contributed by atoms with van der Waals surface area (Å²) in [5.74, 6) is 2.52. The molecular weight excluding hydrogens is 388 g/mol. The Hall–Kier alpha value is -1.26. The maximum absolute atomic E-state index is 12.1. The average molecular weight is 427 g/mol. The highest BCUT2D eigenvalue weighted by molar-refractivity contribution is 5.63. The predicted octanol–water partition coefficient (Wildman–Crippen LogP) is 5.03. The Kier molecular flexibility index (Phi) is 3.81. The summed E-state index contributed by atoms with van der Waals surface area (Å²) in [6, 6.07) is 4.39. The van der Waals surface area contributed by atoms with Gasteiger partial charge in [-0.2, -0.15) is 0 Å². The number of methoxy groups -OCH3 is 2. The molecule has 1 aromatic carbocycles. The topological polar surface area (TPSA) is 47.9 Å². The van der Waals surface area contributed by atoms with Crippen molar-refractivity contribution in [3.05, 3.63) is 23.3 Å². The van der Waals surface area contributed by atoms with Crippen molar-refractivity contribution in [3.8, 4) is 11.5 Å². The molecule has 7 atom stereocenters. The Labute approximate surface area is 186 Å². The molecule has 2 spiro atoms. The van der Waals surface area contributed by atoms with E-state index in [-0.39, 0.29) is 28.3 Å². The lowest BCUT2D eigenvalue weighted by Crippen LogP contribution is -2.80. The van der Waals surface area contributed by atoms with Crippen LogP contribution in [0.2, 0.25) is 0 Å². The molecule has 0 saturated heterocycles. The molecule has 31 heavy (non-hydrogen) atoms. The van der Waals surface area contributed by atoms with E-state index in [1.54, 1.807) is 7.11 Å². The molecule has 4 nitrogen and oxygen atoms in total. The van der Waals surface area contributed by atoms with Gasteiger partial charge < -0.3 is 19.3 Å². The molecule has 0 radical (unpaired) electrons. The summed E-state index contributed by atoms with van der Waals surface area (Å²) >= 11 is 0. The second-order valence-corrected chi connectivity index (χ2v) is 12.4. The average Bonchev–Trinajstić information content (AvgIpc) is 3.09. The molecule has 7 rings (SSSR count). The van der Waals surface area contributed by atoms with E-state index >= 15 is 0 Å². The minimum Gasteiger partial charge on any atom is -0.493 e. The van der Waals surface area contributed by atoms with Gasteiger partial charge in [-0.25, -0.2) is 0 Å². The van der Waals surface area contributed by atoms with E-state index in [4.69, 9.17) is 14.2 Å². The number of aliphatic hydroxyl groups is 1. The van der Waals surface area contributed by atoms with Crippen LogP contribution in [0.1, 0.15) is 77.3 Å². The van der Waals surface area contributed by atoms with Crippen molar-refractivity contribution in [3.63, 3.8) is 0 Å². The Bertz CT molecular complexity index is 945. The summed E-state index contributed by atoms with van der Waals surface area (Å²) in [6.45, 7) is 8.55.